The molecule has 0 fully saturated rings. The predicted octanol–water partition coefficient (Wildman–Crippen LogP) is 1.74. The normalized spacial score (nSPS) is 12.4. The van der Waals surface area contributed by atoms with E-state index < -0.39 is 6.10 Å². The molecule has 102 valence electrons. The molecule has 1 aromatic rings. The summed E-state index contributed by atoms with van der Waals surface area (Å²) in [6.07, 6.45) is -0.512. The van der Waals surface area contributed by atoms with Crippen LogP contribution in [0.3, 0.4) is 0 Å². The van der Waals surface area contributed by atoms with Crippen LogP contribution in [0.1, 0.15) is 11.1 Å². The van der Waals surface area contributed by atoms with Gasteiger partial charge in [0.1, 0.15) is 0 Å². The van der Waals surface area contributed by atoms with Crippen molar-refractivity contribution in [1.82, 2.24) is 0 Å². The fourth-order valence-corrected chi connectivity index (χ4v) is 1.59. The third kappa shape index (κ3) is 5.04. The number of hydrogen-bond donors (Lipinski definition) is 2. The van der Waals surface area contributed by atoms with Crippen LogP contribution < -0.4 is 5.32 Å². The smallest absolute Gasteiger partial charge is 0.0945 e. The number of ether oxygens (including phenoxy) is 2. The zero-order valence-electron chi connectivity index (χ0n) is 11.4. The molecule has 0 saturated heterocycles. The molecular formula is C14H23NO3. The molecule has 0 saturated carbocycles. The number of anilines is 1. The minimum Gasteiger partial charge on any atom is -0.389 e. The highest BCUT2D eigenvalue weighted by Gasteiger charge is 2.05. The van der Waals surface area contributed by atoms with Crippen molar-refractivity contribution in [2.45, 2.75) is 20.0 Å². The van der Waals surface area contributed by atoms with Gasteiger partial charge in [-0.15, -0.1) is 0 Å². The van der Waals surface area contributed by atoms with Crippen molar-refractivity contribution in [3.05, 3.63) is 29.3 Å². The summed E-state index contributed by atoms with van der Waals surface area (Å²) in [5.41, 5.74) is 3.52. The van der Waals surface area contributed by atoms with Gasteiger partial charge in [-0.3, -0.25) is 0 Å². The first-order valence-corrected chi connectivity index (χ1v) is 6.20. The molecule has 1 rings (SSSR count). The second-order valence-corrected chi connectivity index (χ2v) is 4.35. The minimum atomic E-state index is -0.512. The topological polar surface area (TPSA) is 50.7 Å². The molecule has 1 unspecified atom stereocenters. The number of aliphatic hydroxyl groups is 1. The van der Waals surface area contributed by atoms with Crippen molar-refractivity contribution in [3.8, 4) is 0 Å². The van der Waals surface area contributed by atoms with E-state index in [-0.39, 0.29) is 0 Å². The minimum absolute atomic E-state index is 0.321. The first-order valence-electron chi connectivity index (χ1n) is 6.20. The van der Waals surface area contributed by atoms with Gasteiger partial charge < -0.3 is 19.9 Å². The highest BCUT2D eigenvalue weighted by Crippen LogP contribution is 2.17. The number of aliphatic hydroxyl groups excluding tert-OH is 1. The van der Waals surface area contributed by atoms with E-state index in [0.717, 1.165) is 5.69 Å². The summed E-state index contributed by atoms with van der Waals surface area (Å²) in [4.78, 5) is 0. The second kappa shape index (κ2) is 8.08. The molecule has 0 heterocycles. The molecule has 0 aromatic heterocycles. The van der Waals surface area contributed by atoms with Gasteiger partial charge in [0.2, 0.25) is 0 Å². The molecule has 0 spiro atoms. The average molecular weight is 253 g/mol. The van der Waals surface area contributed by atoms with E-state index in [1.54, 1.807) is 7.11 Å². The second-order valence-electron chi connectivity index (χ2n) is 4.35. The summed E-state index contributed by atoms with van der Waals surface area (Å²) in [6, 6.07) is 6.10. The van der Waals surface area contributed by atoms with E-state index in [9.17, 15) is 5.11 Å². The Kier molecular flexibility index (Phi) is 6.72. The average Bonchev–Trinajstić information content (AvgIpc) is 2.36. The maximum Gasteiger partial charge on any atom is 0.0945 e. The highest BCUT2D eigenvalue weighted by atomic mass is 16.5. The molecule has 2 N–H and O–H groups in total. The SMILES string of the molecule is COCCOCC(O)CNc1cccc(C)c1C. The first kappa shape index (κ1) is 15.0. The van der Waals surface area contributed by atoms with Gasteiger partial charge in [-0.05, 0) is 31.0 Å². The van der Waals surface area contributed by atoms with E-state index in [4.69, 9.17) is 9.47 Å². The standard InChI is InChI=1S/C14H23NO3/c1-11-5-4-6-14(12(11)2)15-9-13(16)10-18-8-7-17-3/h4-6,13,15-16H,7-10H2,1-3H3. The molecule has 0 amide bonds. The van der Waals surface area contributed by atoms with E-state index in [0.29, 0.717) is 26.4 Å². The van der Waals surface area contributed by atoms with Crippen LogP contribution in [0.2, 0.25) is 0 Å². The Morgan fingerprint density at radius 1 is 1.28 bits per heavy atom. The molecule has 1 atom stereocenters. The molecule has 0 bridgehead atoms. The molecular weight excluding hydrogens is 230 g/mol. The zero-order chi connectivity index (χ0) is 13.4. The van der Waals surface area contributed by atoms with Crippen molar-refractivity contribution in [3.63, 3.8) is 0 Å². The molecule has 0 aliphatic rings. The van der Waals surface area contributed by atoms with Gasteiger partial charge in [-0.25, -0.2) is 0 Å². The summed E-state index contributed by atoms with van der Waals surface area (Å²) in [5.74, 6) is 0. The Bertz CT molecular complexity index is 355. The Hall–Kier alpha value is -1.10. The lowest BCUT2D eigenvalue weighted by Crippen LogP contribution is -2.25. The van der Waals surface area contributed by atoms with E-state index in [1.807, 2.05) is 12.1 Å². The van der Waals surface area contributed by atoms with Crippen molar-refractivity contribution in [2.75, 3.05) is 38.8 Å². The summed E-state index contributed by atoms with van der Waals surface area (Å²) >= 11 is 0. The molecule has 4 nitrogen and oxygen atoms in total. The number of methoxy groups -OCH3 is 1. The Morgan fingerprint density at radius 2 is 2.06 bits per heavy atom. The lowest BCUT2D eigenvalue weighted by atomic mass is 10.1. The fourth-order valence-electron chi connectivity index (χ4n) is 1.59. The number of benzene rings is 1. The summed E-state index contributed by atoms with van der Waals surface area (Å²) in [6.45, 7) is 6.01. The number of nitrogens with one attached hydrogen (secondary N) is 1. The number of aryl methyl sites for hydroxylation is 1. The Labute approximate surface area is 109 Å². The third-order valence-electron chi connectivity index (χ3n) is 2.87. The monoisotopic (exact) mass is 253 g/mol. The van der Waals surface area contributed by atoms with Crippen LogP contribution in [-0.2, 0) is 9.47 Å². The van der Waals surface area contributed by atoms with Crippen LogP contribution in [0.4, 0.5) is 5.69 Å². The van der Waals surface area contributed by atoms with Crippen LogP contribution in [0, 0.1) is 13.8 Å². The van der Waals surface area contributed by atoms with Crippen LogP contribution >= 0.6 is 0 Å². The maximum atomic E-state index is 9.74. The lowest BCUT2D eigenvalue weighted by Gasteiger charge is -2.15. The molecule has 0 aliphatic carbocycles. The van der Waals surface area contributed by atoms with Crippen LogP contribution in [-0.4, -0.2) is 44.7 Å². The van der Waals surface area contributed by atoms with Crippen molar-refractivity contribution >= 4 is 5.69 Å². The molecule has 0 radical (unpaired) electrons. The summed E-state index contributed by atoms with van der Waals surface area (Å²) in [7, 11) is 1.63. The van der Waals surface area contributed by atoms with E-state index in [2.05, 4.69) is 25.2 Å². The summed E-state index contributed by atoms with van der Waals surface area (Å²) < 4.78 is 10.1. The van der Waals surface area contributed by atoms with Gasteiger partial charge in [0.25, 0.3) is 0 Å². The molecule has 0 aliphatic heterocycles. The lowest BCUT2D eigenvalue weighted by molar-refractivity contribution is 0.0182. The van der Waals surface area contributed by atoms with Gasteiger partial charge in [0, 0.05) is 19.3 Å². The maximum absolute atomic E-state index is 9.74. The Morgan fingerprint density at radius 3 is 2.78 bits per heavy atom. The van der Waals surface area contributed by atoms with Gasteiger partial charge in [0.05, 0.1) is 25.9 Å². The van der Waals surface area contributed by atoms with Crippen LogP contribution in [0.5, 0.6) is 0 Å². The summed E-state index contributed by atoms with van der Waals surface area (Å²) in [5, 5.41) is 13.0. The van der Waals surface area contributed by atoms with Gasteiger partial charge in [-0.2, -0.15) is 0 Å². The number of hydrogen-bond acceptors (Lipinski definition) is 4. The van der Waals surface area contributed by atoms with Gasteiger partial charge in [-0.1, -0.05) is 12.1 Å². The molecule has 4 heteroatoms. The number of rotatable bonds is 8. The van der Waals surface area contributed by atoms with Crippen molar-refractivity contribution in [2.24, 2.45) is 0 Å². The highest BCUT2D eigenvalue weighted by molar-refractivity contribution is 5.53. The molecule has 1 aromatic carbocycles. The predicted molar refractivity (Wildman–Crippen MR) is 73.1 cm³/mol. The zero-order valence-corrected chi connectivity index (χ0v) is 11.4. The van der Waals surface area contributed by atoms with Crippen molar-refractivity contribution in [1.29, 1.82) is 0 Å². The third-order valence-corrected chi connectivity index (χ3v) is 2.87. The Balaban J connectivity index is 2.29. The largest absolute Gasteiger partial charge is 0.389 e. The fraction of sp³-hybridized carbons (Fsp3) is 0.571. The van der Waals surface area contributed by atoms with Gasteiger partial charge >= 0.3 is 0 Å². The van der Waals surface area contributed by atoms with E-state index in [1.165, 1.54) is 11.1 Å². The van der Waals surface area contributed by atoms with Crippen molar-refractivity contribution < 1.29 is 14.6 Å². The van der Waals surface area contributed by atoms with E-state index >= 15 is 0 Å². The van der Waals surface area contributed by atoms with Crippen LogP contribution in [0.15, 0.2) is 18.2 Å². The quantitative estimate of drug-likeness (QED) is 0.693. The van der Waals surface area contributed by atoms with Gasteiger partial charge in [0.15, 0.2) is 0 Å². The first-order chi connectivity index (χ1) is 8.65. The van der Waals surface area contributed by atoms with Crippen LogP contribution in [0.25, 0.3) is 0 Å². The molecule has 18 heavy (non-hydrogen) atoms.